The second-order valence-corrected chi connectivity index (χ2v) is 5.34. The molecule has 0 fully saturated rings. The number of hydrogen-bond acceptors (Lipinski definition) is 3. The molecule has 1 aliphatic heterocycles. The minimum Gasteiger partial charge on any atom is -0.402 e. The lowest BCUT2D eigenvalue weighted by molar-refractivity contribution is -0.129. The molecule has 3 nitrogen and oxygen atoms in total. The summed E-state index contributed by atoms with van der Waals surface area (Å²) in [6.45, 7) is 0. The van der Waals surface area contributed by atoms with Gasteiger partial charge in [0, 0.05) is 4.47 Å². The summed E-state index contributed by atoms with van der Waals surface area (Å²) in [5.74, 6) is -2.42. The van der Waals surface area contributed by atoms with E-state index in [0.717, 1.165) is 16.6 Å². The topological polar surface area (TPSA) is 38.7 Å². The van der Waals surface area contributed by atoms with Gasteiger partial charge in [-0.05, 0) is 51.8 Å². The number of cyclic esters (lactones) is 1. The van der Waals surface area contributed by atoms with Gasteiger partial charge >= 0.3 is 5.97 Å². The van der Waals surface area contributed by atoms with Crippen molar-refractivity contribution in [1.82, 2.24) is 0 Å². The third-order valence-electron chi connectivity index (χ3n) is 2.97. The van der Waals surface area contributed by atoms with Gasteiger partial charge in [0.2, 0.25) is 5.90 Å². The van der Waals surface area contributed by atoms with Crippen LogP contribution in [0.2, 0.25) is 0 Å². The summed E-state index contributed by atoms with van der Waals surface area (Å²) >= 11 is 3.35. The monoisotopic (exact) mass is 363 g/mol. The molecular weight excluding hydrogens is 356 g/mol. The first kappa shape index (κ1) is 14.6. The number of esters is 1. The molecule has 0 bridgehead atoms. The number of aliphatic imine (C=N–C) groups is 1. The fourth-order valence-corrected chi connectivity index (χ4v) is 2.37. The van der Waals surface area contributed by atoms with Crippen LogP contribution >= 0.6 is 15.9 Å². The van der Waals surface area contributed by atoms with Crippen LogP contribution in [0.15, 0.2) is 57.6 Å². The van der Waals surface area contributed by atoms with E-state index in [1.807, 2.05) is 6.07 Å². The van der Waals surface area contributed by atoms with Gasteiger partial charge in [0.25, 0.3) is 0 Å². The number of ether oxygens (including phenoxy) is 1. The van der Waals surface area contributed by atoms with Crippen LogP contribution in [0.3, 0.4) is 0 Å². The van der Waals surface area contributed by atoms with Crippen molar-refractivity contribution in [3.8, 4) is 0 Å². The molecule has 0 aromatic heterocycles. The lowest BCUT2D eigenvalue weighted by Gasteiger charge is -2.01. The summed E-state index contributed by atoms with van der Waals surface area (Å²) in [4.78, 5) is 15.9. The van der Waals surface area contributed by atoms with E-state index < -0.39 is 17.6 Å². The second-order valence-electron chi connectivity index (χ2n) is 4.49. The molecule has 2 aromatic carbocycles. The average Bonchev–Trinajstić information content (AvgIpc) is 2.84. The van der Waals surface area contributed by atoms with Crippen LogP contribution in [0, 0.1) is 11.6 Å². The van der Waals surface area contributed by atoms with E-state index in [0.29, 0.717) is 11.1 Å². The zero-order valence-corrected chi connectivity index (χ0v) is 12.6. The molecule has 0 spiro atoms. The molecule has 0 unspecified atom stereocenters. The Morgan fingerprint density at radius 3 is 2.59 bits per heavy atom. The first-order valence-corrected chi connectivity index (χ1v) is 7.06. The first-order chi connectivity index (χ1) is 10.5. The Bertz CT molecular complexity index is 831. The maximum atomic E-state index is 13.2. The molecule has 1 aliphatic rings. The maximum Gasteiger partial charge on any atom is 0.363 e. The highest BCUT2D eigenvalue weighted by Gasteiger charge is 2.25. The molecule has 6 heteroatoms. The van der Waals surface area contributed by atoms with Crippen molar-refractivity contribution in [2.45, 2.75) is 0 Å². The SMILES string of the molecule is O=C1OC(c2ccccc2Br)=N/C1=C\c1ccc(F)c(F)c1. The second kappa shape index (κ2) is 5.81. The van der Waals surface area contributed by atoms with Crippen molar-refractivity contribution in [2.75, 3.05) is 0 Å². The van der Waals surface area contributed by atoms with Gasteiger partial charge in [-0.15, -0.1) is 0 Å². The van der Waals surface area contributed by atoms with Crippen LogP contribution in [0.1, 0.15) is 11.1 Å². The number of carbonyl (C=O) groups is 1. The van der Waals surface area contributed by atoms with Crippen LogP contribution in [-0.4, -0.2) is 11.9 Å². The van der Waals surface area contributed by atoms with Gasteiger partial charge < -0.3 is 4.74 Å². The molecule has 2 aromatic rings. The summed E-state index contributed by atoms with van der Waals surface area (Å²) in [6, 6.07) is 10.5. The van der Waals surface area contributed by atoms with Gasteiger partial charge in [0.05, 0.1) is 5.56 Å². The van der Waals surface area contributed by atoms with Gasteiger partial charge in [0.1, 0.15) is 0 Å². The van der Waals surface area contributed by atoms with Gasteiger partial charge in [0.15, 0.2) is 17.3 Å². The molecule has 0 atom stereocenters. The Morgan fingerprint density at radius 1 is 1.09 bits per heavy atom. The number of hydrogen-bond donors (Lipinski definition) is 0. The van der Waals surface area contributed by atoms with E-state index in [9.17, 15) is 13.6 Å². The van der Waals surface area contributed by atoms with E-state index in [-0.39, 0.29) is 11.6 Å². The van der Waals surface area contributed by atoms with Crippen molar-refractivity contribution in [3.05, 3.63) is 75.4 Å². The van der Waals surface area contributed by atoms with Crippen LogP contribution in [0.5, 0.6) is 0 Å². The minimum atomic E-state index is -0.990. The van der Waals surface area contributed by atoms with Crippen molar-refractivity contribution >= 4 is 33.9 Å². The van der Waals surface area contributed by atoms with E-state index in [1.165, 1.54) is 12.1 Å². The Morgan fingerprint density at radius 2 is 1.86 bits per heavy atom. The smallest absolute Gasteiger partial charge is 0.363 e. The molecule has 110 valence electrons. The molecule has 1 heterocycles. The lowest BCUT2D eigenvalue weighted by Crippen LogP contribution is -2.05. The van der Waals surface area contributed by atoms with E-state index >= 15 is 0 Å². The van der Waals surface area contributed by atoms with Crippen LogP contribution in [0.4, 0.5) is 8.78 Å². The van der Waals surface area contributed by atoms with Crippen LogP contribution < -0.4 is 0 Å². The summed E-state index contributed by atoms with van der Waals surface area (Å²) in [7, 11) is 0. The highest BCUT2D eigenvalue weighted by molar-refractivity contribution is 9.10. The minimum absolute atomic E-state index is 0.0248. The molecular formula is C16H8BrF2NO2. The van der Waals surface area contributed by atoms with Crippen LogP contribution in [-0.2, 0) is 9.53 Å². The predicted molar refractivity (Wildman–Crippen MR) is 81.1 cm³/mol. The molecule has 0 aliphatic carbocycles. The zero-order valence-electron chi connectivity index (χ0n) is 11.0. The largest absolute Gasteiger partial charge is 0.402 e. The molecule has 0 saturated carbocycles. The number of halogens is 3. The third kappa shape index (κ3) is 2.82. The maximum absolute atomic E-state index is 13.2. The first-order valence-electron chi connectivity index (χ1n) is 6.27. The summed E-state index contributed by atoms with van der Waals surface area (Å²) in [5, 5.41) is 0. The standard InChI is InChI=1S/C16H8BrF2NO2/c17-11-4-2-1-3-10(11)15-20-14(16(21)22-15)8-9-5-6-12(18)13(19)7-9/h1-8H/b14-8-. The number of nitrogens with zero attached hydrogens (tertiary/aromatic N) is 1. The molecule has 0 saturated heterocycles. The highest BCUT2D eigenvalue weighted by Crippen LogP contribution is 2.24. The molecule has 22 heavy (non-hydrogen) atoms. The van der Waals surface area contributed by atoms with E-state index in [1.54, 1.807) is 18.2 Å². The molecule has 0 amide bonds. The number of benzene rings is 2. The Balaban J connectivity index is 1.98. The predicted octanol–water partition coefficient (Wildman–Crippen LogP) is 4.07. The van der Waals surface area contributed by atoms with Crippen molar-refractivity contribution in [3.63, 3.8) is 0 Å². The Hall–Kier alpha value is -2.34. The van der Waals surface area contributed by atoms with Gasteiger partial charge in [-0.25, -0.2) is 18.6 Å². The third-order valence-corrected chi connectivity index (χ3v) is 3.66. The normalized spacial score (nSPS) is 15.9. The van der Waals surface area contributed by atoms with Gasteiger partial charge in [-0.1, -0.05) is 18.2 Å². The molecule has 0 radical (unpaired) electrons. The lowest BCUT2D eigenvalue weighted by atomic mass is 10.2. The quantitative estimate of drug-likeness (QED) is 0.595. The number of carbonyl (C=O) groups excluding carboxylic acids is 1. The van der Waals surface area contributed by atoms with Crippen molar-refractivity contribution < 1.29 is 18.3 Å². The zero-order chi connectivity index (χ0) is 15.7. The molecule has 0 N–H and O–H groups in total. The van der Waals surface area contributed by atoms with Crippen LogP contribution in [0.25, 0.3) is 6.08 Å². The summed E-state index contributed by atoms with van der Waals surface area (Å²) < 4.78 is 31.9. The van der Waals surface area contributed by atoms with Crippen molar-refractivity contribution in [1.29, 1.82) is 0 Å². The van der Waals surface area contributed by atoms with Crippen molar-refractivity contribution in [2.24, 2.45) is 4.99 Å². The van der Waals surface area contributed by atoms with E-state index in [2.05, 4.69) is 20.9 Å². The fourth-order valence-electron chi connectivity index (χ4n) is 1.92. The average molecular weight is 364 g/mol. The van der Waals surface area contributed by atoms with Gasteiger partial charge in [-0.3, -0.25) is 0 Å². The highest BCUT2D eigenvalue weighted by atomic mass is 79.9. The Labute approximate surface area is 133 Å². The van der Waals surface area contributed by atoms with E-state index in [4.69, 9.17) is 4.74 Å². The summed E-state index contributed by atoms with van der Waals surface area (Å²) in [6.07, 6.45) is 1.34. The van der Waals surface area contributed by atoms with Gasteiger partial charge in [-0.2, -0.15) is 0 Å². The molecule has 3 rings (SSSR count). The fraction of sp³-hybridized carbons (Fsp3) is 0. The Kier molecular flexibility index (Phi) is 3.85. The summed E-state index contributed by atoms with van der Waals surface area (Å²) in [5.41, 5.74) is 0.976. The number of rotatable bonds is 2.